The maximum absolute atomic E-state index is 11.0. The number of piperidine rings is 1. The van der Waals surface area contributed by atoms with Gasteiger partial charge in [0.15, 0.2) is 0 Å². The van der Waals surface area contributed by atoms with Gasteiger partial charge in [-0.1, -0.05) is 6.92 Å². The van der Waals surface area contributed by atoms with Crippen molar-refractivity contribution in [2.75, 3.05) is 26.7 Å². The third kappa shape index (κ3) is 3.22. The Bertz CT molecular complexity index is 176. The van der Waals surface area contributed by atoms with Gasteiger partial charge in [0.25, 0.3) is 0 Å². The fraction of sp³-hybridized carbons (Fsp3) is 0.889. The van der Waals surface area contributed by atoms with Crippen LogP contribution >= 0.6 is 0 Å². The van der Waals surface area contributed by atoms with Gasteiger partial charge < -0.3 is 16.0 Å². The summed E-state index contributed by atoms with van der Waals surface area (Å²) in [5, 5.41) is 8.75. The molecular formula is C9H19N3O. The lowest BCUT2D eigenvalue weighted by molar-refractivity contribution is 0.212. The van der Waals surface area contributed by atoms with Crippen molar-refractivity contribution in [3.63, 3.8) is 0 Å². The quantitative estimate of drug-likeness (QED) is 0.580. The van der Waals surface area contributed by atoms with Gasteiger partial charge in [0, 0.05) is 20.1 Å². The fourth-order valence-electron chi connectivity index (χ4n) is 1.65. The standard InChI is InChI=1S/C9H19N3O/c1-9(4-3-5-11-6-9)7-12-8(13)10-2/h11H,3-7H2,1-2H3,(H2,10,12,13). The molecule has 76 valence electrons. The number of nitrogens with one attached hydrogen (secondary N) is 3. The fourth-order valence-corrected chi connectivity index (χ4v) is 1.65. The molecule has 0 aromatic heterocycles. The lowest BCUT2D eigenvalue weighted by Gasteiger charge is -2.34. The third-order valence-electron chi connectivity index (χ3n) is 2.59. The first kappa shape index (κ1) is 10.3. The summed E-state index contributed by atoms with van der Waals surface area (Å²) in [6, 6.07) is -0.0909. The summed E-state index contributed by atoms with van der Waals surface area (Å²) in [7, 11) is 1.64. The van der Waals surface area contributed by atoms with Crippen LogP contribution < -0.4 is 16.0 Å². The van der Waals surface area contributed by atoms with Crippen LogP contribution in [0.4, 0.5) is 4.79 Å². The van der Waals surface area contributed by atoms with Crippen LogP contribution in [-0.2, 0) is 0 Å². The molecule has 4 heteroatoms. The maximum Gasteiger partial charge on any atom is 0.314 e. The van der Waals surface area contributed by atoms with Crippen molar-refractivity contribution in [3.05, 3.63) is 0 Å². The molecule has 0 spiro atoms. The number of carbonyl (C=O) groups excluding carboxylic acids is 1. The summed E-state index contributed by atoms with van der Waals surface area (Å²) < 4.78 is 0. The monoisotopic (exact) mass is 185 g/mol. The normalized spacial score (nSPS) is 28.2. The highest BCUT2D eigenvalue weighted by Gasteiger charge is 2.26. The van der Waals surface area contributed by atoms with E-state index in [1.54, 1.807) is 7.05 Å². The van der Waals surface area contributed by atoms with Crippen LogP contribution in [0.25, 0.3) is 0 Å². The summed E-state index contributed by atoms with van der Waals surface area (Å²) in [6.45, 7) is 5.06. The Morgan fingerprint density at radius 3 is 2.92 bits per heavy atom. The molecule has 13 heavy (non-hydrogen) atoms. The Kier molecular flexibility index (Phi) is 3.54. The molecule has 1 atom stereocenters. The van der Waals surface area contributed by atoms with E-state index < -0.39 is 0 Å². The summed E-state index contributed by atoms with van der Waals surface area (Å²) in [6.07, 6.45) is 2.38. The molecule has 0 bridgehead atoms. The van der Waals surface area contributed by atoms with Gasteiger partial charge in [-0.05, 0) is 24.8 Å². The molecule has 1 aliphatic rings. The van der Waals surface area contributed by atoms with Crippen LogP contribution in [-0.4, -0.2) is 32.7 Å². The zero-order valence-electron chi connectivity index (χ0n) is 8.44. The van der Waals surface area contributed by atoms with E-state index in [2.05, 4.69) is 22.9 Å². The van der Waals surface area contributed by atoms with Crippen molar-refractivity contribution >= 4 is 6.03 Å². The zero-order valence-corrected chi connectivity index (χ0v) is 8.44. The van der Waals surface area contributed by atoms with Crippen molar-refractivity contribution in [1.29, 1.82) is 0 Å². The highest BCUT2D eigenvalue weighted by Crippen LogP contribution is 2.23. The second-order valence-electron chi connectivity index (χ2n) is 4.02. The first-order valence-electron chi connectivity index (χ1n) is 4.83. The van der Waals surface area contributed by atoms with E-state index in [0.29, 0.717) is 0 Å². The van der Waals surface area contributed by atoms with Gasteiger partial charge >= 0.3 is 6.03 Å². The van der Waals surface area contributed by atoms with E-state index >= 15 is 0 Å². The average molecular weight is 185 g/mol. The predicted octanol–water partition coefficient (Wildman–Crippen LogP) is 0.305. The second kappa shape index (κ2) is 4.46. The lowest BCUT2D eigenvalue weighted by atomic mass is 9.83. The number of rotatable bonds is 2. The topological polar surface area (TPSA) is 53.2 Å². The molecule has 1 fully saturated rings. The van der Waals surface area contributed by atoms with Gasteiger partial charge in [0.1, 0.15) is 0 Å². The van der Waals surface area contributed by atoms with Gasteiger partial charge in [-0.2, -0.15) is 0 Å². The molecule has 0 aliphatic carbocycles. The van der Waals surface area contributed by atoms with E-state index in [1.807, 2.05) is 0 Å². The van der Waals surface area contributed by atoms with Gasteiger partial charge in [-0.3, -0.25) is 0 Å². The van der Waals surface area contributed by atoms with E-state index in [4.69, 9.17) is 0 Å². The molecule has 1 rings (SSSR count). The van der Waals surface area contributed by atoms with Gasteiger partial charge in [0.2, 0.25) is 0 Å². The average Bonchev–Trinajstić information content (AvgIpc) is 2.15. The van der Waals surface area contributed by atoms with Crippen molar-refractivity contribution < 1.29 is 4.79 Å². The molecule has 4 nitrogen and oxygen atoms in total. The van der Waals surface area contributed by atoms with Gasteiger partial charge in [-0.25, -0.2) is 4.79 Å². The number of amides is 2. The van der Waals surface area contributed by atoms with Crippen molar-refractivity contribution in [3.8, 4) is 0 Å². The summed E-state index contributed by atoms with van der Waals surface area (Å²) in [5.41, 5.74) is 0.227. The molecule has 1 saturated heterocycles. The van der Waals surface area contributed by atoms with Crippen LogP contribution in [0.1, 0.15) is 19.8 Å². The Morgan fingerprint density at radius 2 is 2.38 bits per heavy atom. The van der Waals surface area contributed by atoms with Crippen LogP contribution in [0, 0.1) is 5.41 Å². The molecule has 0 radical (unpaired) electrons. The van der Waals surface area contributed by atoms with Gasteiger partial charge in [-0.15, -0.1) is 0 Å². The molecule has 2 amide bonds. The van der Waals surface area contributed by atoms with Crippen LogP contribution in [0.5, 0.6) is 0 Å². The first-order valence-corrected chi connectivity index (χ1v) is 4.83. The molecule has 0 aromatic carbocycles. The Balaban J connectivity index is 2.28. The van der Waals surface area contributed by atoms with E-state index in [1.165, 1.54) is 12.8 Å². The maximum atomic E-state index is 11.0. The van der Waals surface area contributed by atoms with E-state index in [9.17, 15) is 4.79 Å². The largest absolute Gasteiger partial charge is 0.341 e. The van der Waals surface area contributed by atoms with E-state index in [0.717, 1.165) is 19.6 Å². The van der Waals surface area contributed by atoms with E-state index in [-0.39, 0.29) is 11.4 Å². The zero-order chi connectivity index (χ0) is 9.73. The molecule has 1 unspecified atom stereocenters. The van der Waals surface area contributed by atoms with Crippen LogP contribution in [0.15, 0.2) is 0 Å². The number of urea groups is 1. The summed E-state index contributed by atoms with van der Waals surface area (Å²) >= 11 is 0. The van der Waals surface area contributed by atoms with Crippen molar-refractivity contribution in [2.24, 2.45) is 5.41 Å². The lowest BCUT2D eigenvalue weighted by Crippen LogP contribution is -2.47. The second-order valence-corrected chi connectivity index (χ2v) is 4.02. The number of hydrogen-bond acceptors (Lipinski definition) is 2. The third-order valence-corrected chi connectivity index (χ3v) is 2.59. The van der Waals surface area contributed by atoms with Crippen molar-refractivity contribution in [2.45, 2.75) is 19.8 Å². The smallest absolute Gasteiger partial charge is 0.314 e. The Labute approximate surface area is 79.5 Å². The molecule has 0 aromatic rings. The Hall–Kier alpha value is -0.770. The SMILES string of the molecule is CNC(=O)NCC1(C)CCCNC1. The molecule has 1 heterocycles. The minimum atomic E-state index is -0.0909. The minimum absolute atomic E-state index is 0.0909. The Morgan fingerprint density at radius 1 is 1.62 bits per heavy atom. The highest BCUT2D eigenvalue weighted by molar-refractivity contribution is 5.73. The molecule has 0 saturated carbocycles. The predicted molar refractivity (Wildman–Crippen MR) is 52.7 cm³/mol. The molecular weight excluding hydrogens is 166 g/mol. The highest BCUT2D eigenvalue weighted by atomic mass is 16.2. The van der Waals surface area contributed by atoms with Crippen LogP contribution in [0.2, 0.25) is 0 Å². The van der Waals surface area contributed by atoms with Gasteiger partial charge in [0.05, 0.1) is 0 Å². The van der Waals surface area contributed by atoms with Crippen LogP contribution in [0.3, 0.4) is 0 Å². The summed E-state index contributed by atoms with van der Waals surface area (Å²) in [4.78, 5) is 11.0. The minimum Gasteiger partial charge on any atom is -0.341 e. The molecule has 1 aliphatic heterocycles. The summed E-state index contributed by atoms with van der Waals surface area (Å²) in [5.74, 6) is 0. The first-order chi connectivity index (χ1) is 6.16. The number of hydrogen-bond donors (Lipinski definition) is 3. The number of carbonyl (C=O) groups is 1. The molecule has 3 N–H and O–H groups in total. The van der Waals surface area contributed by atoms with Crippen molar-refractivity contribution in [1.82, 2.24) is 16.0 Å².